The van der Waals surface area contributed by atoms with E-state index in [0.29, 0.717) is 11.0 Å². The van der Waals surface area contributed by atoms with Crippen molar-refractivity contribution in [3.05, 3.63) is 45.3 Å². The predicted molar refractivity (Wildman–Crippen MR) is 93.1 cm³/mol. The molecule has 2 aromatic heterocycles. The molecule has 0 aliphatic heterocycles. The van der Waals surface area contributed by atoms with Gasteiger partial charge in [-0.05, 0) is 49.8 Å². The average Bonchev–Trinajstić information content (AvgIpc) is 3.11. The summed E-state index contributed by atoms with van der Waals surface area (Å²) in [6, 6.07) is 6.88. The molecule has 1 fully saturated rings. The van der Waals surface area contributed by atoms with E-state index in [9.17, 15) is 0 Å². The molecule has 110 valence electrons. The Balaban J connectivity index is 2.04. The molecule has 0 aromatic carbocycles. The zero-order valence-corrected chi connectivity index (χ0v) is 13.9. The number of aryl methyl sites for hydroxylation is 2. The Morgan fingerprint density at radius 1 is 1.48 bits per heavy atom. The first-order chi connectivity index (χ1) is 10.1. The van der Waals surface area contributed by atoms with Crippen molar-refractivity contribution < 1.29 is 0 Å². The number of nitrogens with two attached hydrogens (primary N) is 1. The van der Waals surface area contributed by atoms with Crippen LogP contribution in [-0.4, -0.2) is 16.0 Å². The highest BCUT2D eigenvalue weighted by Crippen LogP contribution is 2.35. The van der Waals surface area contributed by atoms with Gasteiger partial charge in [0.2, 0.25) is 0 Å². The van der Waals surface area contributed by atoms with E-state index in [2.05, 4.69) is 29.3 Å². The van der Waals surface area contributed by atoms with Gasteiger partial charge in [-0.2, -0.15) is 0 Å². The minimum absolute atomic E-state index is 0.437. The summed E-state index contributed by atoms with van der Waals surface area (Å²) in [4.78, 5) is 8.92. The molecule has 1 saturated carbocycles. The predicted octanol–water partition coefficient (Wildman–Crippen LogP) is 3.56. The third kappa shape index (κ3) is 3.09. The molecule has 2 heterocycles. The summed E-state index contributed by atoms with van der Waals surface area (Å²) in [5, 5.41) is 2.11. The number of hydrogen-bond acceptors (Lipinski definition) is 4. The van der Waals surface area contributed by atoms with Gasteiger partial charge in [0.1, 0.15) is 10.8 Å². The molecule has 3 nitrogen and oxygen atoms in total. The number of nitrogens with zero attached hydrogens (tertiary/aromatic N) is 2. The summed E-state index contributed by atoms with van der Waals surface area (Å²) in [6.07, 6.45) is 2.44. The van der Waals surface area contributed by atoms with Crippen molar-refractivity contribution in [2.24, 2.45) is 5.73 Å². The maximum atomic E-state index is 5.96. The standard InChI is InChI=1S/C16H19N3S2/c1-10-8-11(2)18-16(14(10)15(17)20)19(12-5-6-12)9-13-4-3-7-21-13/h3-4,7-8,12H,5-6,9H2,1-2H3,(H2,17,20). The molecule has 1 aliphatic rings. The van der Waals surface area contributed by atoms with E-state index in [4.69, 9.17) is 22.9 Å². The lowest BCUT2D eigenvalue weighted by Crippen LogP contribution is -2.29. The van der Waals surface area contributed by atoms with Gasteiger partial charge in [0.15, 0.2) is 0 Å². The molecule has 5 heteroatoms. The van der Waals surface area contributed by atoms with Gasteiger partial charge in [-0.1, -0.05) is 18.3 Å². The van der Waals surface area contributed by atoms with Gasteiger partial charge in [0.05, 0.1) is 12.1 Å². The second kappa shape index (κ2) is 5.73. The minimum Gasteiger partial charge on any atom is -0.389 e. The summed E-state index contributed by atoms with van der Waals surface area (Å²) in [7, 11) is 0. The lowest BCUT2D eigenvalue weighted by atomic mass is 10.1. The number of aromatic nitrogens is 1. The molecule has 0 bridgehead atoms. The number of rotatable bonds is 5. The maximum absolute atomic E-state index is 5.96. The van der Waals surface area contributed by atoms with Gasteiger partial charge in [-0.15, -0.1) is 11.3 Å². The number of thiophene rings is 1. The Hall–Kier alpha value is -1.46. The van der Waals surface area contributed by atoms with Crippen LogP contribution in [-0.2, 0) is 6.54 Å². The number of anilines is 1. The normalized spacial score (nSPS) is 14.2. The fourth-order valence-electron chi connectivity index (χ4n) is 2.66. The first-order valence-corrected chi connectivity index (χ1v) is 8.42. The van der Waals surface area contributed by atoms with Crippen molar-refractivity contribution in [3.8, 4) is 0 Å². The largest absolute Gasteiger partial charge is 0.389 e. The summed E-state index contributed by atoms with van der Waals surface area (Å²) in [5.74, 6) is 0.955. The molecule has 0 saturated heterocycles. The molecule has 0 radical (unpaired) electrons. The van der Waals surface area contributed by atoms with Crippen molar-refractivity contribution in [2.75, 3.05) is 4.90 Å². The van der Waals surface area contributed by atoms with Crippen LogP contribution in [0.1, 0.15) is 34.5 Å². The molecule has 3 rings (SSSR count). The zero-order chi connectivity index (χ0) is 15.0. The average molecular weight is 317 g/mol. The van der Waals surface area contributed by atoms with E-state index in [1.54, 1.807) is 11.3 Å². The van der Waals surface area contributed by atoms with Gasteiger partial charge >= 0.3 is 0 Å². The maximum Gasteiger partial charge on any atom is 0.139 e. The smallest absolute Gasteiger partial charge is 0.139 e. The Morgan fingerprint density at radius 2 is 2.24 bits per heavy atom. The van der Waals surface area contributed by atoms with E-state index in [1.165, 1.54) is 17.7 Å². The summed E-state index contributed by atoms with van der Waals surface area (Å²) in [5.41, 5.74) is 9.02. The molecule has 0 atom stereocenters. The third-order valence-electron chi connectivity index (χ3n) is 3.74. The van der Waals surface area contributed by atoms with Crippen molar-refractivity contribution in [3.63, 3.8) is 0 Å². The van der Waals surface area contributed by atoms with Crippen molar-refractivity contribution in [1.29, 1.82) is 0 Å². The van der Waals surface area contributed by atoms with E-state index < -0.39 is 0 Å². The second-order valence-electron chi connectivity index (χ2n) is 5.58. The van der Waals surface area contributed by atoms with E-state index in [-0.39, 0.29) is 0 Å². The van der Waals surface area contributed by atoms with Crippen LogP contribution in [0, 0.1) is 13.8 Å². The van der Waals surface area contributed by atoms with Crippen molar-refractivity contribution in [1.82, 2.24) is 4.98 Å². The Morgan fingerprint density at radius 3 is 2.81 bits per heavy atom. The highest BCUT2D eigenvalue weighted by atomic mass is 32.1. The van der Waals surface area contributed by atoms with Gasteiger partial charge in [0.25, 0.3) is 0 Å². The van der Waals surface area contributed by atoms with Crippen molar-refractivity contribution >= 4 is 34.4 Å². The first kappa shape index (κ1) is 14.5. The molecular formula is C16H19N3S2. The van der Waals surface area contributed by atoms with Crippen LogP contribution in [0.4, 0.5) is 5.82 Å². The summed E-state index contributed by atoms with van der Waals surface area (Å²) in [6.45, 7) is 4.97. The quantitative estimate of drug-likeness (QED) is 0.856. The molecule has 21 heavy (non-hydrogen) atoms. The van der Waals surface area contributed by atoms with Gasteiger partial charge < -0.3 is 10.6 Å². The summed E-state index contributed by atoms with van der Waals surface area (Å²) >= 11 is 7.05. The third-order valence-corrected chi connectivity index (χ3v) is 4.80. The molecule has 1 aliphatic carbocycles. The Bertz CT molecular complexity index is 660. The molecule has 0 spiro atoms. The Kier molecular flexibility index (Phi) is 3.95. The number of hydrogen-bond donors (Lipinski definition) is 1. The molecule has 0 unspecified atom stereocenters. The number of pyridine rings is 1. The van der Waals surface area contributed by atoms with Crippen LogP contribution in [0.25, 0.3) is 0 Å². The van der Waals surface area contributed by atoms with Gasteiger partial charge in [-0.25, -0.2) is 4.98 Å². The highest BCUT2D eigenvalue weighted by molar-refractivity contribution is 7.80. The monoisotopic (exact) mass is 317 g/mol. The van der Waals surface area contributed by atoms with Crippen LogP contribution < -0.4 is 10.6 Å². The summed E-state index contributed by atoms with van der Waals surface area (Å²) < 4.78 is 0. The van der Waals surface area contributed by atoms with E-state index in [0.717, 1.165) is 29.2 Å². The van der Waals surface area contributed by atoms with Crippen LogP contribution in [0.3, 0.4) is 0 Å². The number of thiocarbonyl (C=S) groups is 1. The molecule has 0 amide bonds. The fraction of sp³-hybridized carbons (Fsp3) is 0.375. The van der Waals surface area contributed by atoms with Gasteiger partial charge in [-0.3, -0.25) is 0 Å². The molecular weight excluding hydrogens is 298 g/mol. The van der Waals surface area contributed by atoms with E-state index in [1.807, 2.05) is 13.0 Å². The topological polar surface area (TPSA) is 42.1 Å². The molecule has 2 N–H and O–H groups in total. The van der Waals surface area contributed by atoms with Crippen molar-refractivity contribution in [2.45, 2.75) is 39.3 Å². The second-order valence-corrected chi connectivity index (χ2v) is 7.05. The first-order valence-electron chi connectivity index (χ1n) is 7.13. The van der Waals surface area contributed by atoms with Gasteiger partial charge in [0, 0.05) is 16.6 Å². The van der Waals surface area contributed by atoms with Crippen LogP contribution >= 0.6 is 23.6 Å². The van der Waals surface area contributed by atoms with Crippen LogP contribution in [0.2, 0.25) is 0 Å². The zero-order valence-electron chi connectivity index (χ0n) is 12.3. The lowest BCUT2D eigenvalue weighted by molar-refractivity contribution is 0.781. The van der Waals surface area contributed by atoms with Crippen LogP contribution in [0.5, 0.6) is 0 Å². The minimum atomic E-state index is 0.437. The fourth-order valence-corrected chi connectivity index (χ4v) is 3.62. The highest BCUT2D eigenvalue weighted by Gasteiger charge is 2.32. The molecule has 2 aromatic rings. The SMILES string of the molecule is Cc1cc(C)c(C(N)=S)c(N(Cc2cccs2)C2CC2)n1. The van der Waals surface area contributed by atoms with Crippen LogP contribution in [0.15, 0.2) is 23.6 Å². The van der Waals surface area contributed by atoms with E-state index >= 15 is 0 Å². The lowest BCUT2D eigenvalue weighted by Gasteiger charge is -2.26. The Labute approximate surface area is 134 Å².